The Bertz CT molecular complexity index is 640. The molecule has 2 rings (SSSR count). The van der Waals surface area contributed by atoms with Crippen LogP contribution in [0.4, 0.5) is 4.39 Å². The van der Waals surface area contributed by atoms with Crippen molar-refractivity contribution in [2.45, 2.75) is 13.3 Å². The fraction of sp³-hybridized carbons (Fsp3) is 0.188. The van der Waals surface area contributed by atoms with Crippen molar-refractivity contribution >= 4 is 5.97 Å². The number of carbonyl (C=O) groups is 1. The van der Waals surface area contributed by atoms with Crippen LogP contribution in [0.3, 0.4) is 0 Å². The Morgan fingerprint density at radius 2 is 1.86 bits per heavy atom. The molecule has 0 saturated heterocycles. The molecule has 0 bridgehead atoms. The minimum atomic E-state index is -1.25. The van der Waals surface area contributed by atoms with Gasteiger partial charge in [-0.15, -0.1) is 0 Å². The first kappa shape index (κ1) is 14.8. The van der Waals surface area contributed by atoms with Gasteiger partial charge in [0.15, 0.2) is 23.1 Å². The molecule has 21 heavy (non-hydrogen) atoms. The first-order valence-corrected chi connectivity index (χ1v) is 6.55. The number of aromatic carboxylic acids is 1. The van der Waals surface area contributed by atoms with Crippen LogP contribution >= 0.6 is 0 Å². The fourth-order valence-electron chi connectivity index (χ4n) is 1.76. The molecule has 0 unspecified atom stereocenters. The maximum Gasteiger partial charge on any atom is 0.339 e. The Balaban J connectivity index is 2.37. The molecule has 0 aliphatic carbocycles. The van der Waals surface area contributed by atoms with E-state index in [0.717, 1.165) is 12.5 Å². The van der Waals surface area contributed by atoms with Crippen molar-refractivity contribution in [1.82, 2.24) is 0 Å². The molecule has 0 aliphatic heterocycles. The standard InChI is InChI=1S/C16H15FO4/c1-2-10-20-13-8-3-4-9-14(13)21-15-11(16(18)19)6-5-7-12(15)17/h3-9H,2,10H2,1H3,(H,18,19). The normalized spacial score (nSPS) is 10.2. The molecule has 110 valence electrons. The van der Waals surface area contributed by atoms with Gasteiger partial charge >= 0.3 is 5.97 Å². The third-order valence-corrected chi connectivity index (χ3v) is 2.72. The molecule has 0 heterocycles. The fourth-order valence-corrected chi connectivity index (χ4v) is 1.76. The van der Waals surface area contributed by atoms with E-state index in [9.17, 15) is 9.18 Å². The minimum Gasteiger partial charge on any atom is -0.490 e. The average molecular weight is 290 g/mol. The Hall–Kier alpha value is -2.56. The molecule has 0 radical (unpaired) electrons. The summed E-state index contributed by atoms with van der Waals surface area (Å²) in [6, 6.07) is 10.5. The van der Waals surface area contributed by atoms with Crippen LogP contribution in [-0.4, -0.2) is 17.7 Å². The number of halogens is 1. The highest BCUT2D eigenvalue weighted by atomic mass is 19.1. The second kappa shape index (κ2) is 6.74. The van der Waals surface area contributed by atoms with E-state index in [2.05, 4.69) is 0 Å². The molecular formula is C16H15FO4. The summed E-state index contributed by atoms with van der Waals surface area (Å²) in [5.74, 6) is -1.59. The third kappa shape index (κ3) is 3.51. The number of ether oxygens (including phenoxy) is 2. The van der Waals surface area contributed by atoms with Crippen molar-refractivity contribution in [3.05, 3.63) is 53.8 Å². The summed E-state index contributed by atoms with van der Waals surface area (Å²) in [6.07, 6.45) is 0.814. The van der Waals surface area contributed by atoms with Gasteiger partial charge in [0.1, 0.15) is 5.56 Å². The largest absolute Gasteiger partial charge is 0.490 e. The molecule has 5 heteroatoms. The van der Waals surface area contributed by atoms with E-state index in [1.165, 1.54) is 12.1 Å². The third-order valence-electron chi connectivity index (χ3n) is 2.72. The number of rotatable bonds is 6. The van der Waals surface area contributed by atoms with Crippen molar-refractivity contribution in [3.8, 4) is 17.2 Å². The number of para-hydroxylation sites is 3. The summed E-state index contributed by atoms with van der Waals surface area (Å²) in [5.41, 5.74) is -0.236. The van der Waals surface area contributed by atoms with Crippen LogP contribution in [0, 0.1) is 5.82 Å². The number of hydrogen-bond donors (Lipinski definition) is 1. The van der Waals surface area contributed by atoms with Crippen LogP contribution in [0.15, 0.2) is 42.5 Å². The molecule has 0 fully saturated rings. The topological polar surface area (TPSA) is 55.8 Å². The van der Waals surface area contributed by atoms with Gasteiger partial charge in [-0.3, -0.25) is 0 Å². The lowest BCUT2D eigenvalue weighted by Gasteiger charge is -2.13. The van der Waals surface area contributed by atoms with Crippen molar-refractivity contribution in [1.29, 1.82) is 0 Å². The second-order valence-corrected chi connectivity index (χ2v) is 4.32. The molecule has 0 atom stereocenters. The van der Waals surface area contributed by atoms with Crippen LogP contribution in [0.5, 0.6) is 17.2 Å². The summed E-state index contributed by atoms with van der Waals surface area (Å²) in [6.45, 7) is 2.45. The quantitative estimate of drug-likeness (QED) is 0.870. The lowest BCUT2D eigenvalue weighted by atomic mass is 10.2. The van der Waals surface area contributed by atoms with E-state index < -0.39 is 11.8 Å². The molecule has 0 amide bonds. The van der Waals surface area contributed by atoms with E-state index in [4.69, 9.17) is 14.6 Å². The summed E-state index contributed by atoms with van der Waals surface area (Å²) < 4.78 is 24.8. The van der Waals surface area contributed by atoms with Crippen molar-refractivity contribution in [3.63, 3.8) is 0 Å². The second-order valence-electron chi connectivity index (χ2n) is 4.32. The van der Waals surface area contributed by atoms with E-state index in [1.54, 1.807) is 24.3 Å². The Morgan fingerprint density at radius 1 is 1.14 bits per heavy atom. The zero-order valence-corrected chi connectivity index (χ0v) is 11.5. The summed E-state index contributed by atoms with van der Waals surface area (Å²) in [7, 11) is 0. The van der Waals surface area contributed by atoms with Crippen LogP contribution in [0.2, 0.25) is 0 Å². The number of hydrogen-bond acceptors (Lipinski definition) is 3. The lowest BCUT2D eigenvalue weighted by Crippen LogP contribution is -2.03. The maximum absolute atomic E-state index is 13.9. The minimum absolute atomic E-state index is 0.236. The van der Waals surface area contributed by atoms with Gasteiger partial charge in [-0.05, 0) is 30.7 Å². The predicted molar refractivity (Wildman–Crippen MR) is 75.7 cm³/mol. The Kier molecular flexibility index (Phi) is 4.77. The number of carboxylic acid groups (broad SMARTS) is 1. The number of carboxylic acids is 1. The molecule has 4 nitrogen and oxygen atoms in total. The van der Waals surface area contributed by atoms with Gasteiger partial charge in [-0.25, -0.2) is 9.18 Å². The highest BCUT2D eigenvalue weighted by molar-refractivity contribution is 5.91. The van der Waals surface area contributed by atoms with E-state index in [0.29, 0.717) is 12.4 Å². The van der Waals surface area contributed by atoms with Crippen LogP contribution < -0.4 is 9.47 Å². The molecule has 0 saturated carbocycles. The first-order chi connectivity index (χ1) is 10.1. The Morgan fingerprint density at radius 3 is 2.52 bits per heavy atom. The first-order valence-electron chi connectivity index (χ1n) is 6.55. The summed E-state index contributed by atoms with van der Waals surface area (Å²) in [5, 5.41) is 9.10. The molecule has 2 aromatic carbocycles. The highest BCUT2D eigenvalue weighted by Crippen LogP contribution is 2.34. The monoisotopic (exact) mass is 290 g/mol. The average Bonchev–Trinajstić information content (AvgIpc) is 2.48. The van der Waals surface area contributed by atoms with Gasteiger partial charge in [0.2, 0.25) is 0 Å². The molecule has 0 spiro atoms. The highest BCUT2D eigenvalue weighted by Gasteiger charge is 2.18. The van der Waals surface area contributed by atoms with Crippen LogP contribution in [-0.2, 0) is 0 Å². The number of benzene rings is 2. The van der Waals surface area contributed by atoms with Crippen LogP contribution in [0.25, 0.3) is 0 Å². The maximum atomic E-state index is 13.9. The predicted octanol–water partition coefficient (Wildman–Crippen LogP) is 4.11. The lowest BCUT2D eigenvalue weighted by molar-refractivity contribution is 0.0693. The zero-order chi connectivity index (χ0) is 15.2. The van der Waals surface area contributed by atoms with Gasteiger partial charge < -0.3 is 14.6 Å². The van der Waals surface area contributed by atoms with Gasteiger partial charge in [0, 0.05) is 0 Å². The van der Waals surface area contributed by atoms with E-state index in [-0.39, 0.29) is 17.1 Å². The van der Waals surface area contributed by atoms with Crippen molar-refractivity contribution < 1.29 is 23.8 Å². The molecular weight excluding hydrogens is 275 g/mol. The molecule has 1 N–H and O–H groups in total. The summed E-state index contributed by atoms with van der Waals surface area (Å²) in [4.78, 5) is 11.1. The molecule has 0 aliphatic rings. The van der Waals surface area contributed by atoms with E-state index >= 15 is 0 Å². The van der Waals surface area contributed by atoms with Gasteiger partial charge in [-0.2, -0.15) is 0 Å². The van der Waals surface area contributed by atoms with Crippen LogP contribution in [0.1, 0.15) is 23.7 Å². The van der Waals surface area contributed by atoms with Gasteiger partial charge in [0.25, 0.3) is 0 Å². The van der Waals surface area contributed by atoms with Crippen molar-refractivity contribution in [2.75, 3.05) is 6.61 Å². The summed E-state index contributed by atoms with van der Waals surface area (Å²) >= 11 is 0. The smallest absolute Gasteiger partial charge is 0.339 e. The van der Waals surface area contributed by atoms with Gasteiger partial charge in [-0.1, -0.05) is 25.1 Å². The van der Waals surface area contributed by atoms with Gasteiger partial charge in [0.05, 0.1) is 6.61 Å². The molecule has 0 aromatic heterocycles. The van der Waals surface area contributed by atoms with Crippen molar-refractivity contribution in [2.24, 2.45) is 0 Å². The molecule has 2 aromatic rings. The van der Waals surface area contributed by atoms with E-state index in [1.807, 2.05) is 6.92 Å². The zero-order valence-electron chi connectivity index (χ0n) is 11.5. The Labute approximate surface area is 121 Å². The SMILES string of the molecule is CCCOc1ccccc1Oc1c(F)cccc1C(=O)O.